The second-order valence-corrected chi connectivity index (χ2v) is 14.6. The number of aromatic amines is 1. The fourth-order valence-corrected chi connectivity index (χ4v) is 7.30. The average Bonchev–Trinajstić information content (AvgIpc) is 3.33. The van der Waals surface area contributed by atoms with E-state index in [2.05, 4.69) is 53.6 Å². The van der Waals surface area contributed by atoms with Gasteiger partial charge in [0, 0.05) is 30.3 Å². The maximum absolute atomic E-state index is 14.4. The van der Waals surface area contributed by atoms with Crippen LogP contribution in [0.15, 0.2) is 63.2 Å². The van der Waals surface area contributed by atoms with E-state index < -0.39 is 47.9 Å². The molecule has 0 saturated heterocycles. The standard InChI is InChI=1S/C36H44Br2N4O6/c1-19-13-20(2)15-22(4)48-32(44)18-29(24-11-12-31(43)27(37)16-24)41-35(46)30(17-26-25-9-7-8-10-28(25)40-33(26)38)42(6)36(47)23(5)39-34(45)21(3)14-19/h7-13,16,20-23,29-30,40,43H,14-15,17-18H2,1-6H3,(H,39,45)(H,41,46)/t20-,21-,22-,23-,29+,30+/m0/s1. The Balaban J connectivity index is 1.76. The predicted molar refractivity (Wildman–Crippen MR) is 192 cm³/mol. The Kier molecular flexibility index (Phi) is 12.5. The number of nitrogens with zero attached hydrogens (tertiary/aromatic N) is 1. The molecule has 4 N–H and O–H groups in total. The Bertz CT molecular complexity index is 1700. The summed E-state index contributed by atoms with van der Waals surface area (Å²) < 4.78 is 6.88. The lowest BCUT2D eigenvalue weighted by Crippen LogP contribution is -2.55. The summed E-state index contributed by atoms with van der Waals surface area (Å²) in [6.45, 7) is 9.25. The summed E-state index contributed by atoms with van der Waals surface area (Å²) in [5.41, 5.74) is 3.24. The first kappa shape index (κ1) is 37.2. The number of para-hydroxylation sites is 1. The number of carbonyl (C=O) groups is 4. The molecule has 0 unspecified atom stereocenters. The molecule has 0 fully saturated rings. The number of halogens is 2. The van der Waals surface area contributed by atoms with E-state index in [9.17, 15) is 24.3 Å². The van der Waals surface area contributed by atoms with Crippen LogP contribution in [0.4, 0.5) is 0 Å². The van der Waals surface area contributed by atoms with Crippen LogP contribution in [0.5, 0.6) is 5.75 Å². The number of likely N-dealkylation sites (N-methyl/N-ethyl adjacent to an activating group) is 1. The second-order valence-electron chi connectivity index (χ2n) is 13.0. The van der Waals surface area contributed by atoms with E-state index in [0.29, 0.717) is 27.5 Å². The molecule has 10 nitrogen and oxygen atoms in total. The fraction of sp³-hybridized carbons (Fsp3) is 0.444. The van der Waals surface area contributed by atoms with Crippen LogP contribution in [-0.4, -0.2) is 63.9 Å². The molecule has 6 atom stereocenters. The number of fused-ring (bicyclic) bond motifs is 1. The van der Waals surface area contributed by atoms with E-state index in [4.69, 9.17) is 4.74 Å². The zero-order valence-electron chi connectivity index (χ0n) is 28.1. The molecule has 1 aliphatic heterocycles. The highest BCUT2D eigenvalue weighted by Gasteiger charge is 2.34. The molecule has 0 bridgehead atoms. The third kappa shape index (κ3) is 9.28. The number of aromatic nitrogens is 1. The highest BCUT2D eigenvalue weighted by atomic mass is 79.9. The first-order chi connectivity index (χ1) is 22.6. The fourth-order valence-electron chi connectivity index (χ4n) is 6.31. The Hall–Kier alpha value is -3.64. The van der Waals surface area contributed by atoms with Gasteiger partial charge in [-0.15, -0.1) is 0 Å². The lowest BCUT2D eigenvalue weighted by molar-refractivity contribution is -0.149. The van der Waals surface area contributed by atoms with Crippen LogP contribution in [0.2, 0.25) is 0 Å². The van der Waals surface area contributed by atoms with Gasteiger partial charge in [-0.05, 0) is 101 Å². The lowest BCUT2D eigenvalue weighted by atomic mass is 9.95. The summed E-state index contributed by atoms with van der Waals surface area (Å²) in [5.74, 6) is -2.01. The molecule has 1 aliphatic rings. The number of allylic oxidation sites excluding steroid dienone is 2. The van der Waals surface area contributed by atoms with Crippen LogP contribution in [-0.2, 0) is 30.3 Å². The quantitative estimate of drug-likeness (QED) is 0.177. The minimum atomic E-state index is -1.03. The van der Waals surface area contributed by atoms with E-state index in [1.807, 2.05) is 52.0 Å². The zero-order valence-corrected chi connectivity index (χ0v) is 31.3. The number of cyclic esters (lactones) is 1. The first-order valence-corrected chi connectivity index (χ1v) is 17.7. The van der Waals surface area contributed by atoms with Crippen LogP contribution in [0.1, 0.15) is 71.0 Å². The SMILES string of the molecule is CC1=C[C@H](C)C[C@H](C)OC(=O)C[C@H](c2ccc(O)c(Br)c2)NC(=O)[C@@H](Cc2c(Br)[nH]c3ccccc23)N(C)C(=O)[C@H](C)NC(=O)[C@@H](C)C1. The van der Waals surface area contributed by atoms with Crippen molar-refractivity contribution in [2.75, 3.05) is 7.05 Å². The number of aromatic hydroxyl groups is 1. The predicted octanol–water partition coefficient (Wildman–Crippen LogP) is 6.46. The van der Waals surface area contributed by atoms with Crippen molar-refractivity contribution in [3.8, 4) is 5.75 Å². The third-order valence-corrected chi connectivity index (χ3v) is 10.1. The van der Waals surface area contributed by atoms with Crippen LogP contribution in [0, 0.1) is 11.8 Å². The van der Waals surface area contributed by atoms with Crippen LogP contribution in [0.25, 0.3) is 10.9 Å². The van der Waals surface area contributed by atoms with E-state index in [1.54, 1.807) is 26.1 Å². The molecular formula is C36H44Br2N4O6. The van der Waals surface area contributed by atoms with Gasteiger partial charge in [-0.25, -0.2) is 0 Å². The molecule has 258 valence electrons. The summed E-state index contributed by atoms with van der Waals surface area (Å²) in [5, 5.41) is 16.9. The van der Waals surface area contributed by atoms with Crippen molar-refractivity contribution in [2.45, 2.75) is 84.5 Å². The van der Waals surface area contributed by atoms with Gasteiger partial charge in [0.25, 0.3) is 0 Å². The van der Waals surface area contributed by atoms with Crippen molar-refractivity contribution in [2.24, 2.45) is 11.8 Å². The molecule has 3 aromatic rings. The number of phenols is 1. The average molecular weight is 789 g/mol. The van der Waals surface area contributed by atoms with Gasteiger partial charge < -0.3 is 30.4 Å². The molecule has 0 aliphatic carbocycles. The van der Waals surface area contributed by atoms with Crippen molar-refractivity contribution in [3.63, 3.8) is 0 Å². The molecule has 0 spiro atoms. The van der Waals surface area contributed by atoms with Gasteiger partial charge in [-0.3, -0.25) is 19.2 Å². The van der Waals surface area contributed by atoms with Crippen molar-refractivity contribution in [3.05, 3.63) is 74.3 Å². The van der Waals surface area contributed by atoms with Gasteiger partial charge in [0.05, 0.1) is 27.6 Å². The summed E-state index contributed by atoms with van der Waals surface area (Å²) >= 11 is 6.94. The third-order valence-electron chi connectivity index (χ3n) is 8.75. The lowest BCUT2D eigenvalue weighted by Gasteiger charge is -2.32. The summed E-state index contributed by atoms with van der Waals surface area (Å²) in [7, 11) is 1.54. The highest BCUT2D eigenvalue weighted by molar-refractivity contribution is 9.10. The molecule has 2 aromatic carbocycles. The maximum atomic E-state index is 14.4. The summed E-state index contributed by atoms with van der Waals surface area (Å²) in [6.07, 6.45) is 2.70. The Labute approximate surface area is 298 Å². The number of rotatable bonds is 3. The number of hydrogen-bond donors (Lipinski definition) is 4. The van der Waals surface area contributed by atoms with E-state index in [-0.39, 0.29) is 30.4 Å². The molecule has 4 rings (SSSR count). The normalized spacial score (nSPS) is 25.8. The van der Waals surface area contributed by atoms with E-state index >= 15 is 0 Å². The zero-order chi connectivity index (χ0) is 35.3. The number of phenolic OH excluding ortho intramolecular Hbond substituents is 1. The molecule has 0 radical (unpaired) electrons. The van der Waals surface area contributed by atoms with Crippen LogP contribution in [0.3, 0.4) is 0 Å². The van der Waals surface area contributed by atoms with Gasteiger partial charge in [0.2, 0.25) is 17.7 Å². The smallest absolute Gasteiger partial charge is 0.308 e. The number of hydrogen-bond acceptors (Lipinski definition) is 6. The molecule has 48 heavy (non-hydrogen) atoms. The Morgan fingerprint density at radius 2 is 1.67 bits per heavy atom. The van der Waals surface area contributed by atoms with E-state index in [0.717, 1.165) is 22.0 Å². The number of ether oxygens (including phenoxy) is 1. The number of benzene rings is 2. The van der Waals surface area contributed by atoms with Crippen molar-refractivity contribution in [1.29, 1.82) is 0 Å². The van der Waals surface area contributed by atoms with Crippen LogP contribution >= 0.6 is 31.9 Å². The van der Waals surface area contributed by atoms with Crippen molar-refractivity contribution < 1.29 is 29.0 Å². The Morgan fingerprint density at radius 3 is 2.38 bits per heavy atom. The molecule has 1 aromatic heterocycles. The van der Waals surface area contributed by atoms with Gasteiger partial charge >= 0.3 is 5.97 Å². The van der Waals surface area contributed by atoms with Gasteiger partial charge in [0.1, 0.15) is 17.8 Å². The maximum Gasteiger partial charge on any atom is 0.308 e. The topological polar surface area (TPSA) is 141 Å². The summed E-state index contributed by atoms with van der Waals surface area (Å²) in [4.78, 5) is 59.4. The molecule has 3 amide bonds. The van der Waals surface area contributed by atoms with Gasteiger partial charge in [0.15, 0.2) is 0 Å². The largest absolute Gasteiger partial charge is 0.507 e. The number of amides is 3. The molecular weight excluding hydrogens is 744 g/mol. The van der Waals surface area contributed by atoms with Crippen molar-refractivity contribution >= 4 is 66.5 Å². The van der Waals surface area contributed by atoms with Gasteiger partial charge in [-0.2, -0.15) is 0 Å². The minimum Gasteiger partial charge on any atom is -0.507 e. The number of esters is 1. The number of H-pyrrole nitrogens is 1. The minimum absolute atomic E-state index is 0.00691. The Morgan fingerprint density at radius 1 is 0.958 bits per heavy atom. The second kappa shape index (κ2) is 16.2. The molecule has 2 heterocycles. The molecule has 0 saturated carbocycles. The number of carbonyl (C=O) groups excluding carboxylic acids is 4. The number of nitrogens with one attached hydrogen (secondary N) is 3. The van der Waals surface area contributed by atoms with E-state index in [1.165, 1.54) is 11.0 Å². The summed E-state index contributed by atoms with van der Waals surface area (Å²) in [6, 6.07) is 9.63. The van der Waals surface area contributed by atoms with Crippen LogP contribution < -0.4 is 10.6 Å². The van der Waals surface area contributed by atoms with Crippen molar-refractivity contribution in [1.82, 2.24) is 20.5 Å². The first-order valence-electron chi connectivity index (χ1n) is 16.1. The van der Waals surface area contributed by atoms with Gasteiger partial charge in [-0.1, -0.05) is 49.8 Å². The highest BCUT2D eigenvalue weighted by Crippen LogP contribution is 2.31. The molecule has 12 heteroatoms. The monoisotopic (exact) mass is 786 g/mol.